The van der Waals surface area contributed by atoms with Gasteiger partial charge < -0.3 is 5.73 Å². The summed E-state index contributed by atoms with van der Waals surface area (Å²) in [4.78, 5) is 11.4. The Morgan fingerprint density at radius 2 is 2.35 bits per heavy atom. The molecule has 2 heterocycles. The fourth-order valence-corrected chi connectivity index (χ4v) is 2.85. The molecular weight excluding hydrogens is 260 g/mol. The predicted molar refractivity (Wildman–Crippen MR) is 67.0 cm³/mol. The van der Waals surface area contributed by atoms with Crippen molar-refractivity contribution < 1.29 is 0 Å². The summed E-state index contributed by atoms with van der Waals surface area (Å²) in [5, 5.41) is 16.0. The van der Waals surface area contributed by atoms with E-state index in [0.717, 1.165) is 11.4 Å². The van der Waals surface area contributed by atoms with E-state index >= 15 is 0 Å². The zero-order chi connectivity index (χ0) is 12.3. The predicted octanol–water partition coefficient (Wildman–Crippen LogP) is 0.707. The zero-order valence-corrected chi connectivity index (χ0v) is 10.8. The van der Waals surface area contributed by atoms with Crippen LogP contribution in [0.2, 0.25) is 0 Å². The van der Waals surface area contributed by atoms with Gasteiger partial charge in [0.05, 0.1) is 5.75 Å². The molecule has 0 aromatic carbocycles. The molecule has 92 valence electrons. The quantitative estimate of drug-likeness (QED) is 0.777. The van der Waals surface area contributed by atoms with Gasteiger partial charge in [0, 0.05) is 6.54 Å². The number of rotatable bonds is 5. The molecule has 0 spiro atoms. The number of H-pyrrole nitrogens is 1. The Labute approximate surface area is 105 Å². The summed E-state index contributed by atoms with van der Waals surface area (Å²) in [6.45, 7) is 2.68. The van der Waals surface area contributed by atoms with E-state index in [1.807, 2.05) is 6.92 Å². The maximum atomic E-state index is 11.4. The highest BCUT2D eigenvalue weighted by molar-refractivity contribution is 7.98. The third kappa shape index (κ3) is 2.86. The highest BCUT2D eigenvalue weighted by atomic mass is 32.2. The monoisotopic (exact) mass is 272 g/mol. The molecule has 0 aliphatic rings. The Morgan fingerprint density at radius 1 is 1.53 bits per heavy atom. The first kappa shape index (κ1) is 12.1. The standard InChI is InChI=1S/C8H12N6OS2/c1-2-3-14-7(15)12-13-8(14)16-4-5-10-11-6(9)17-5/h2-4H2,1H3,(H2,9,11)(H,12,15). The van der Waals surface area contributed by atoms with Gasteiger partial charge >= 0.3 is 5.69 Å². The van der Waals surface area contributed by atoms with Crippen molar-refractivity contribution in [2.45, 2.75) is 30.8 Å². The van der Waals surface area contributed by atoms with Crippen LogP contribution in [0.3, 0.4) is 0 Å². The lowest BCUT2D eigenvalue weighted by Gasteiger charge is -2.01. The Kier molecular flexibility index (Phi) is 3.79. The molecule has 0 aliphatic heterocycles. The number of aromatic amines is 1. The minimum Gasteiger partial charge on any atom is -0.374 e. The van der Waals surface area contributed by atoms with Crippen LogP contribution in [0.5, 0.6) is 0 Å². The summed E-state index contributed by atoms with van der Waals surface area (Å²) in [7, 11) is 0. The largest absolute Gasteiger partial charge is 0.374 e. The van der Waals surface area contributed by atoms with Crippen molar-refractivity contribution in [2.24, 2.45) is 0 Å². The fraction of sp³-hybridized carbons (Fsp3) is 0.500. The maximum Gasteiger partial charge on any atom is 0.343 e. The average molecular weight is 272 g/mol. The van der Waals surface area contributed by atoms with E-state index < -0.39 is 0 Å². The number of anilines is 1. The first-order chi connectivity index (χ1) is 8.20. The molecule has 0 unspecified atom stereocenters. The van der Waals surface area contributed by atoms with Crippen LogP contribution in [-0.4, -0.2) is 25.0 Å². The molecule has 2 aromatic rings. The van der Waals surface area contributed by atoms with E-state index in [4.69, 9.17) is 5.73 Å². The molecule has 3 N–H and O–H groups in total. The first-order valence-corrected chi connectivity index (χ1v) is 6.86. The molecule has 0 aliphatic carbocycles. The van der Waals surface area contributed by atoms with Crippen LogP contribution < -0.4 is 11.4 Å². The molecule has 2 rings (SSSR count). The molecule has 0 amide bonds. The van der Waals surface area contributed by atoms with E-state index in [-0.39, 0.29) is 5.69 Å². The van der Waals surface area contributed by atoms with Crippen LogP contribution in [0.15, 0.2) is 9.95 Å². The minimum atomic E-state index is -0.175. The third-order valence-corrected chi connectivity index (χ3v) is 3.90. The summed E-state index contributed by atoms with van der Waals surface area (Å²) >= 11 is 2.79. The van der Waals surface area contributed by atoms with Crippen molar-refractivity contribution in [3.05, 3.63) is 15.5 Å². The van der Waals surface area contributed by atoms with Gasteiger partial charge in [0.15, 0.2) is 5.16 Å². The van der Waals surface area contributed by atoms with E-state index in [0.29, 0.717) is 22.6 Å². The number of nitrogens with one attached hydrogen (secondary N) is 1. The molecule has 17 heavy (non-hydrogen) atoms. The van der Waals surface area contributed by atoms with Crippen molar-refractivity contribution in [3.8, 4) is 0 Å². The molecule has 0 saturated heterocycles. The van der Waals surface area contributed by atoms with Gasteiger partial charge in [-0.15, -0.1) is 15.3 Å². The number of thioether (sulfide) groups is 1. The van der Waals surface area contributed by atoms with E-state index in [2.05, 4.69) is 20.4 Å². The number of aromatic nitrogens is 5. The molecule has 0 fully saturated rings. The van der Waals surface area contributed by atoms with Crippen LogP contribution >= 0.6 is 23.1 Å². The van der Waals surface area contributed by atoms with Gasteiger partial charge in [0.1, 0.15) is 5.01 Å². The van der Waals surface area contributed by atoms with Gasteiger partial charge in [-0.3, -0.25) is 4.57 Å². The van der Waals surface area contributed by atoms with Gasteiger partial charge in [-0.25, -0.2) is 9.89 Å². The van der Waals surface area contributed by atoms with Crippen molar-refractivity contribution in [1.29, 1.82) is 0 Å². The molecule has 7 nitrogen and oxygen atoms in total. The lowest BCUT2D eigenvalue weighted by atomic mass is 10.5. The van der Waals surface area contributed by atoms with Gasteiger partial charge in [-0.1, -0.05) is 30.0 Å². The van der Waals surface area contributed by atoms with E-state index in [1.54, 1.807) is 4.57 Å². The molecule has 2 aromatic heterocycles. The summed E-state index contributed by atoms with van der Waals surface area (Å²) in [5.41, 5.74) is 5.31. The second-order valence-electron chi connectivity index (χ2n) is 3.29. The highest BCUT2D eigenvalue weighted by Crippen LogP contribution is 2.22. The second kappa shape index (κ2) is 5.32. The normalized spacial score (nSPS) is 10.9. The maximum absolute atomic E-state index is 11.4. The molecule has 0 atom stereocenters. The van der Waals surface area contributed by atoms with Gasteiger partial charge in [0.25, 0.3) is 0 Å². The Bertz CT molecular complexity index is 544. The van der Waals surface area contributed by atoms with Crippen molar-refractivity contribution in [1.82, 2.24) is 25.0 Å². The smallest absolute Gasteiger partial charge is 0.343 e. The summed E-state index contributed by atoms with van der Waals surface area (Å²) in [6.07, 6.45) is 0.888. The van der Waals surface area contributed by atoms with E-state index in [1.165, 1.54) is 23.1 Å². The zero-order valence-electron chi connectivity index (χ0n) is 9.21. The average Bonchev–Trinajstić information content (AvgIpc) is 2.86. The van der Waals surface area contributed by atoms with Crippen molar-refractivity contribution in [3.63, 3.8) is 0 Å². The first-order valence-electron chi connectivity index (χ1n) is 5.06. The van der Waals surface area contributed by atoms with Crippen LogP contribution in [0.1, 0.15) is 18.4 Å². The third-order valence-electron chi connectivity index (χ3n) is 1.98. The number of nitrogen functional groups attached to an aromatic ring is 1. The number of hydrogen-bond acceptors (Lipinski definition) is 7. The fourth-order valence-electron chi connectivity index (χ4n) is 1.29. The van der Waals surface area contributed by atoms with Gasteiger partial charge in [-0.2, -0.15) is 0 Å². The number of nitrogens with two attached hydrogens (primary N) is 1. The summed E-state index contributed by atoms with van der Waals surface area (Å²) in [6, 6.07) is 0. The van der Waals surface area contributed by atoms with Crippen LogP contribution in [0.4, 0.5) is 5.13 Å². The number of nitrogens with zero attached hydrogens (tertiary/aromatic N) is 4. The summed E-state index contributed by atoms with van der Waals surface area (Å²) in [5.74, 6) is 0.614. The topological polar surface area (TPSA) is 102 Å². The highest BCUT2D eigenvalue weighted by Gasteiger charge is 2.09. The molecule has 0 radical (unpaired) electrons. The molecule has 0 bridgehead atoms. The molecular formula is C8H12N6OS2. The molecule has 9 heteroatoms. The summed E-state index contributed by atoms with van der Waals surface area (Å²) < 4.78 is 1.62. The van der Waals surface area contributed by atoms with Gasteiger partial charge in [0.2, 0.25) is 5.13 Å². The minimum absolute atomic E-state index is 0.175. The van der Waals surface area contributed by atoms with Crippen molar-refractivity contribution >= 4 is 28.2 Å². The van der Waals surface area contributed by atoms with Crippen molar-refractivity contribution in [2.75, 3.05) is 5.73 Å². The number of hydrogen-bond donors (Lipinski definition) is 2. The molecule has 0 saturated carbocycles. The van der Waals surface area contributed by atoms with Crippen LogP contribution in [0.25, 0.3) is 0 Å². The Morgan fingerprint density at radius 3 is 3.00 bits per heavy atom. The van der Waals surface area contributed by atoms with Gasteiger partial charge in [-0.05, 0) is 6.42 Å². The van der Waals surface area contributed by atoms with Crippen LogP contribution in [-0.2, 0) is 12.3 Å². The lowest BCUT2D eigenvalue weighted by molar-refractivity contribution is 0.604. The Balaban J connectivity index is 2.06. The second-order valence-corrected chi connectivity index (χ2v) is 5.32. The van der Waals surface area contributed by atoms with E-state index in [9.17, 15) is 4.79 Å². The lowest BCUT2D eigenvalue weighted by Crippen LogP contribution is -2.17. The van der Waals surface area contributed by atoms with Crippen LogP contribution in [0, 0.1) is 0 Å². The Hall–Kier alpha value is -1.35. The SMILES string of the molecule is CCCn1c(SCc2nnc(N)s2)n[nH]c1=O.